The summed E-state index contributed by atoms with van der Waals surface area (Å²) in [5, 5.41) is 7.83. The Morgan fingerprint density at radius 2 is 1.09 bits per heavy atom. The molecular weight excluding hydrogens is 476 g/mol. The van der Waals surface area contributed by atoms with E-state index in [0.717, 1.165) is 10.0 Å². The maximum atomic E-state index is 4.62. The van der Waals surface area contributed by atoms with Crippen LogP contribution in [0, 0.1) is 0 Å². The molecule has 160 valence electrons. The van der Waals surface area contributed by atoms with Gasteiger partial charge in [-0.1, -0.05) is 114 Å². The summed E-state index contributed by atoms with van der Waals surface area (Å²) in [5.41, 5.74) is 7.55. The molecule has 1 aliphatic carbocycles. The van der Waals surface area contributed by atoms with Gasteiger partial charge >= 0.3 is 0 Å². The molecule has 0 saturated heterocycles. The number of rotatable bonds is 1. The summed E-state index contributed by atoms with van der Waals surface area (Å²) < 4.78 is 1.09. The van der Waals surface area contributed by atoms with E-state index in [-0.39, 0.29) is 5.92 Å². The summed E-state index contributed by atoms with van der Waals surface area (Å²) in [5.74, 6) is 0.125. The van der Waals surface area contributed by atoms with Crippen LogP contribution >= 0.6 is 15.9 Å². The van der Waals surface area contributed by atoms with Crippen molar-refractivity contribution in [3.05, 3.63) is 137 Å². The molecule has 6 aromatic rings. The fourth-order valence-corrected chi connectivity index (χ4v) is 6.20. The van der Waals surface area contributed by atoms with Crippen molar-refractivity contribution < 1.29 is 0 Å². The van der Waals surface area contributed by atoms with Crippen molar-refractivity contribution >= 4 is 53.8 Å². The Bertz CT molecular complexity index is 1760. The molecule has 6 aromatic carbocycles. The van der Waals surface area contributed by atoms with Crippen molar-refractivity contribution in [2.75, 3.05) is 0 Å². The first-order chi connectivity index (χ1) is 16.7. The van der Waals surface area contributed by atoms with Gasteiger partial charge in [0.15, 0.2) is 0 Å². The zero-order valence-electron chi connectivity index (χ0n) is 18.6. The average Bonchev–Trinajstić information content (AvgIpc) is 2.89. The molecule has 7 rings (SSSR count). The quantitative estimate of drug-likeness (QED) is 0.198. The van der Waals surface area contributed by atoms with Gasteiger partial charge in [-0.3, -0.25) is 0 Å². The first-order valence-corrected chi connectivity index (χ1v) is 12.4. The lowest BCUT2D eigenvalue weighted by molar-refractivity contribution is 1.04. The summed E-state index contributed by atoms with van der Waals surface area (Å²) in [6, 6.07) is 39.9. The maximum absolute atomic E-state index is 4.62. The number of allylic oxidation sites excluding steroid dienone is 1. The monoisotopic (exact) mass is 496 g/mol. The Kier molecular flexibility index (Phi) is 4.31. The van der Waals surface area contributed by atoms with Crippen molar-refractivity contribution in [3.63, 3.8) is 0 Å². The van der Waals surface area contributed by atoms with Gasteiger partial charge in [-0.25, -0.2) is 0 Å². The van der Waals surface area contributed by atoms with Crippen molar-refractivity contribution in [3.8, 4) is 11.1 Å². The van der Waals surface area contributed by atoms with Crippen molar-refractivity contribution in [1.82, 2.24) is 0 Å². The molecule has 0 nitrogen and oxygen atoms in total. The second kappa shape index (κ2) is 7.41. The lowest BCUT2D eigenvalue weighted by Gasteiger charge is -2.31. The van der Waals surface area contributed by atoms with Gasteiger partial charge in [-0.15, -0.1) is 0 Å². The molecule has 0 fully saturated rings. The molecule has 0 N–H and O–H groups in total. The highest BCUT2D eigenvalue weighted by Gasteiger charge is 2.29. The molecule has 0 aromatic heterocycles. The number of benzene rings is 6. The molecule has 1 unspecified atom stereocenters. The van der Waals surface area contributed by atoms with Crippen molar-refractivity contribution in [2.45, 2.75) is 5.92 Å². The lowest BCUT2D eigenvalue weighted by atomic mass is 9.72. The Morgan fingerprint density at radius 3 is 1.79 bits per heavy atom. The predicted molar refractivity (Wildman–Crippen MR) is 149 cm³/mol. The third-order valence-electron chi connectivity index (χ3n) is 7.34. The van der Waals surface area contributed by atoms with Crippen molar-refractivity contribution in [2.24, 2.45) is 0 Å². The standard InChI is InChI=1S/C33H21Br/c1-20-23-17-15-22(34)19-32(23)28-12-6-7-13-30(28)33(20)21-14-16-29-26-10-3-2-8-24(26)25-9-4-5-11-27(25)31(29)18-21/h2-19,33H,1H2. The minimum Gasteiger partial charge on any atom is -0.0942 e. The second-order valence-corrected chi connectivity index (χ2v) is 10.0. The fraction of sp³-hybridized carbons (Fsp3) is 0.0303. The molecule has 0 bridgehead atoms. The number of hydrogen-bond acceptors (Lipinski definition) is 0. The van der Waals surface area contributed by atoms with Crippen LogP contribution < -0.4 is 0 Å². The van der Waals surface area contributed by atoms with Crippen LogP contribution in [0.25, 0.3) is 49.0 Å². The summed E-state index contributed by atoms with van der Waals surface area (Å²) in [7, 11) is 0. The van der Waals surface area contributed by atoms with Crippen LogP contribution in [0.5, 0.6) is 0 Å². The van der Waals surface area contributed by atoms with E-state index in [4.69, 9.17) is 0 Å². The zero-order chi connectivity index (χ0) is 22.8. The lowest BCUT2D eigenvalue weighted by Crippen LogP contribution is -2.11. The highest BCUT2D eigenvalue weighted by molar-refractivity contribution is 9.10. The third-order valence-corrected chi connectivity index (χ3v) is 7.83. The van der Waals surface area contributed by atoms with Gasteiger partial charge in [0.1, 0.15) is 0 Å². The summed E-state index contributed by atoms with van der Waals surface area (Å²) in [6.45, 7) is 4.62. The van der Waals surface area contributed by atoms with Crippen LogP contribution in [0.4, 0.5) is 0 Å². The van der Waals surface area contributed by atoms with Gasteiger partial charge in [0.25, 0.3) is 0 Å². The number of hydrogen-bond donors (Lipinski definition) is 0. The van der Waals surface area contributed by atoms with Crippen LogP contribution in [-0.4, -0.2) is 0 Å². The van der Waals surface area contributed by atoms with E-state index < -0.39 is 0 Å². The Balaban J connectivity index is 1.53. The van der Waals surface area contributed by atoms with Gasteiger partial charge in [-0.05, 0) is 83.9 Å². The zero-order valence-corrected chi connectivity index (χ0v) is 20.1. The molecule has 0 aliphatic heterocycles. The van der Waals surface area contributed by atoms with E-state index in [2.05, 4.69) is 132 Å². The minimum absolute atomic E-state index is 0.125. The van der Waals surface area contributed by atoms with Crippen LogP contribution in [-0.2, 0) is 0 Å². The van der Waals surface area contributed by atoms with Crippen LogP contribution in [0.15, 0.2) is 120 Å². The molecule has 0 radical (unpaired) electrons. The summed E-state index contributed by atoms with van der Waals surface area (Å²) >= 11 is 3.66. The Morgan fingerprint density at radius 1 is 0.500 bits per heavy atom. The van der Waals surface area contributed by atoms with E-state index in [1.165, 1.54) is 60.1 Å². The first-order valence-electron chi connectivity index (χ1n) is 11.6. The van der Waals surface area contributed by atoms with E-state index in [1.807, 2.05) is 0 Å². The molecule has 0 spiro atoms. The van der Waals surface area contributed by atoms with E-state index >= 15 is 0 Å². The topological polar surface area (TPSA) is 0 Å². The van der Waals surface area contributed by atoms with Crippen LogP contribution in [0.3, 0.4) is 0 Å². The smallest absolute Gasteiger partial charge is 0.0346 e. The predicted octanol–water partition coefficient (Wildman–Crippen LogP) is 9.73. The van der Waals surface area contributed by atoms with Crippen molar-refractivity contribution in [1.29, 1.82) is 0 Å². The molecule has 0 amide bonds. The molecule has 0 saturated carbocycles. The molecule has 0 heterocycles. The summed E-state index contributed by atoms with van der Waals surface area (Å²) in [6.07, 6.45) is 0. The molecule has 1 heteroatoms. The summed E-state index contributed by atoms with van der Waals surface area (Å²) in [4.78, 5) is 0. The molecule has 1 atom stereocenters. The van der Waals surface area contributed by atoms with E-state index in [0.29, 0.717) is 0 Å². The number of halogens is 1. The molecular formula is C33H21Br. The largest absolute Gasteiger partial charge is 0.0942 e. The number of fused-ring (bicyclic) bond motifs is 9. The average molecular weight is 497 g/mol. The van der Waals surface area contributed by atoms with Gasteiger partial charge in [0.2, 0.25) is 0 Å². The van der Waals surface area contributed by atoms with Gasteiger partial charge in [0.05, 0.1) is 0 Å². The van der Waals surface area contributed by atoms with Gasteiger partial charge in [0, 0.05) is 10.4 Å². The maximum Gasteiger partial charge on any atom is 0.0346 e. The van der Waals surface area contributed by atoms with Gasteiger partial charge in [-0.2, -0.15) is 0 Å². The highest BCUT2D eigenvalue weighted by Crippen LogP contribution is 2.50. The highest BCUT2D eigenvalue weighted by atomic mass is 79.9. The van der Waals surface area contributed by atoms with Crippen LogP contribution in [0.1, 0.15) is 22.6 Å². The molecule has 1 aliphatic rings. The Labute approximate surface area is 207 Å². The SMILES string of the molecule is C=C1c2ccc(Br)cc2-c2ccccc2C1c1ccc2c3ccccc3c3ccccc3c2c1. The molecule has 34 heavy (non-hydrogen) atoms. The van der Waals surface area contributed by atoms with E-state index in [1.54, 1.807) is 0 Å². The third kappa shape index (κ3) is 2.77. The fourth-order valence-electron chi connectivity index (χ4n) is 5.84. The van der Waals surface area contributed by atoms with E-state index in [9.17, 15) is 0 Å². The minimum atomic E-state index is 0.125. The van der Waals surface area contributed by atoms with Crippen LogP contribution in [0.2, 0.25) is 0 Å². The second-order valence-electron chi connectivity index (χ2n) is 9.13. The normalized spacial score (nSPS) is 15.0. The Hall–Kier alpha value is -3.68. The first kappa shape index (κ1) is 19.8. The van der Waals surface area contributed by atoms with Gasteiger partial charge < -0.3 is 0 Å².